The molecule has 1 fully saturated rings. The van der Waals surface area contributed by atoms with Gasteiger partial charge in [0, 0.05) is 23.3 Å². The molecule has 0 saturated heterocycles. The number of allylic oxidation sites excluding steroid dienone is 2. The van der Waals surface area contributed by atoms with Crippen molar-refractivity contribution in [3.63, 3.8) is 0 Å². The third-order valence-corrected chi connectivity index (χ3v) is 5.15. The van der Waals surface area contributed by atoms with Gasteiger partial charge in [0.1, 0.15) is 11.6 Å². The van der Waals surface area contributed by atoms with E-state index in [0.29, 0.717) is 25.0 Å². The molecule has 0 unspecified atom stereocenters. The Morgan fingerprint density at radius 1 is 0.781 bits per heavy atom. The highest BCUT2D eigenvalue weighted by atomic mass is 19.1. The van der Waals surface area contributed by atoms with Gasteiger partial charge in [-0.3, -0.25) is 4.79 Å². The van der Waals surface area contributed by atoms with Crippen LogP contribution in [0.1, 0.15) is 36.8 Å². The van der Waals surface area contributed by atoms with Crippen LogP contribution >= 0.6 is 0 Å². The second-order valence-corrected chi connectivity index (χ2v) is 7.15. The average molecular weight is 452 g/mol. The molecule has 1 aliphatic carbocycles. The number of hydrogen-bond acceptors (Lipinski definition) is 5. The molecule has 0 bridgehead atoms. The molecule has 2 aromatic rings. The number of methoxy groups -OCH3 is 2. The first-order chi connectivity index (χ1) is 15.2. The van der Waals surface area contributed by atoms with Crippen LogP contribution in [0.4, 0.5) is 17.6 Å². The Labute approximate surface area is 181 Å². The molecular weight excluding hydrogens is 432 g/mol. The van der Waals surface area contributed by atoms with Crippen LogP contribution in [0.5, 0.6) is 23.0 Å². The Morgan fingerprint density at radius 3 is 1.50 bits per heavy atom. The predicted octanol–water partition coefficient (Wildman–Crippen LogP) is 5.28. The van der Waals surface area contributed by atoms with Crippen LogP contribution in [0.3, 0.4) is 0 Å². The number of aromatic hydroxyl groups is 2. The highest BCUT2D eigenvalue weighted by Crippen LogP contribution is 2.37. The molecule has 0 aliphatic heterocycles. The number of ether oxygens (including phenoxy) is 2. The number of hydrogen-bond donors (Lipinski definition) is 2. The van der Waals surface area contributed by atoms with Gasteiger partial charge in [-0.1, -0.05) is 0 Å². The van der Waals surface area contributed by atoms with Crippen LogP contribution in [0.2, 0.25) is 0 Å². The Bertz CT molecular complexity index is 1050. The summed E-state index contributed by atoms with van der Waals surface area (Å²) >= 11 is 0. The van der Waals surface area contributed by atoms with Gasteiger partial charge in [-0.25, -0.2) is 17.6 Å². The molecular formula is C23H20F4O5. The molecule has 1 saturated carbocycles. The minimum atomic E-state index is -1.18. The van der Waals surface area contributed by atoms with Crippen molar-refractivity contribution < 1.29 is 42.0 Å². The summed E-state index contributed by atoms with van der Waals surface area (Å²) in [6, 6.07) is 1.33. The third kappa shape index (κ3) is 4.28. The van der Waals surface area contributed by atoms with Crippen molar-refractivity contribution in [2.75, 3.05) is 14.2 Å². The third-order valence-electron chi connectivity index (χ3n) is 5.15. The number of Topliss-reactive ketones (excluding diaryl/α,β-unsaturated/α-hetero) is 1. The molecule has 170 valence electrons. The van der Waals surface area contributed by atoms with Crippen molar-refractivity contribution in [3.05, 3.63) is 57.7 Å². The van der Waals surface area contributed by atoms with Gasteiger partial charge in [0.25, 0.3) is 0 Å². The van der Waals surface area contributed by atoms with E-state index in [1.54, 1.807) is 0 Å². The summed E-state index contributed by atoms with van der Waals surface area (Å²) in [5, 5.41) is 19.2. The van der Waals surface area contributed by atoms with E-state index in [2.05, 4.69) is 0 Å². The first-order valence-electron chi connectivity index (χ1n) is 9.65. The minimum Gasteiger partial charge on any atom is -0.504 e. The van der Waals surface area contributed by atoms with Crippen molar-refractivity contribution >= 4 is 17.9 Å². The topological polar surface area (TPSA) is 76.0 Å². The van der Waals surface area contributed by atoms with Crippen molar-refractivity contribution in [2.24, 2.45) is 0 Å². The molecule has 3 rings (SSSR count). The van der Waals surface area contributed by atoms with E-state index in [4.69, 9.17) is 9.47 Å². The minimum absolute atomic E-state index is 0.0332. The van der Waals surface area contributed by atoms with E-state index in [-0.39, 0.29) is 24.0 Å². The summed E-state index contributed by atoms with van der Waals surface area (Å²) in [5.41, 5.74) is -1.09. The molecule has 1 aliphatic rings. The first-order valence-corrected chi connectivity index (χ1v) is 9.65. The molecule has 0 atom stereocenters. The monoisotopic (exact) mass is 452 g/mol. The maximum Gasteiger partial charge on any atom is 0.197 e. The molecule has 9 heteroatoms. The van der Waals surface area contributed by atoms with Gasteiger partial charge in [-0.05, 0) is 37.8 Å². The quantitative estimate of drug-likeness (QED) is 0.375. The van der Waals surface area contributed by atoms with E-state index < -0.39 is 63.2 Å². The maximum absolute atomic E-state index is 14.6. The molecule has 0 heterocycles. The van der Waals surface area contributed by atoms with E-state index in [9.17, 15) is 32.6 Å². The lowest BCUT2D eigenvalue weighted by Crippen LogP contribution is -2.06. The van der Waals surface area contributed by atoms with Gasteiger partial charge in [0.2, 0.25) is 0 Å². The summed E-state index contributed by atoms with van der Waals surface area (Å²) in [7, 11) is 2.19. The molecule has 0 radical (unpaired) electrons. The van der Waals surface area contributed by atoms with Gasteiger partial charge in [-0.15, -0.1) is 0 Å². The zero-order chi connectivity index (χ0) is 23.6. The Hall–Kier alpha value is -3.49. The zero-order valence-corrected chi connectivity index (χ0v) is 17.3. The molecule has 2 aromatic carbocycles. The number of phenols is 2. The summed E-state index contributed by atoms with van der Waals surface area (Å²) in [4.78, 5) is 13.1. The number of ketones is 1. The largest absolute Gasteiger partial charge is 0.504 e. The van der Waals surface area contributed by atoms with E-state index in [1.807, 2.05) is 0 Å². The number of benzene rings is 2. The van der Waals surface area contributed by atoms with Crippen molar-refractivity contribution in [3.8, 4) is 23.0 Å². The lowest BCUT2D eigenvalue weighted by atomic mass is 9.97. The maximum atomic E-state index is 14.6. The molecule has 0 amide bonds. The van der Waals surface area contributed by atoms with E-state index >= 15 is 0 Å². The van der Waals surface area contributed by atoms with Crippen molar-refractivity contribution in [2.45, 2.75) is 25.7 Å². The van der Waals surface area contributed by atoms with Crippen LogP contribution in [0.15, 0.2) is 23.3 Å². The predicted molar refractivity (Wildman–Crippen MR) is 109 cm³/mol. The number of carbonyl (C=O) groups excluding carboxylic acids is 1. The number of carbonyl (C=O) groups is 1. The van der Waals surface area contributed by atoms with Gasteiger partial charge in [0.05, 0.1) is 25.3 Å². The second-order valence-electron chi connectivity index (χ2n) is 7.15. The second kappa shape index (κ2) is 9.33. The standard InChI is InChI=1S/C23H20F4O5/c1-31-22-17(28)9-15(24)13(19(22)26)7-11-5-3-4-6-12(21(11)30)8-14-16(25)10-18(29)23(32-2)20(14)27/h7-10,28-29H,3-6H2,1-2H3/b11-7+,12-8+. The molecule has 5 nitrogen and oxygen atoms in total. The van der Waals surface area contributed by atoms with Gasteiger partial charge >= 0.3 is 0 Å². The van der Waals surface area contributed by atoms with Crippen molar-refractivity contribution in [1.29, 1.82) is 0 Å². The highest BCUT2D eigenvalue weighted by Gasteiger charge is 2.25. The summed E-state index contributed by atoms with van der Waals surface area (Å²) in [5.74, 6) is -7.80. The fourth-order valence-corrected chi connectivity index (χ4v) is 3.55. The Morgan fingerprint density at radius 2 is 1.16 bits per heavy atom. The Kier molecular flexibility index (Phi) is 6.76. The lowest BCUT2D eigenvalue weighted by molar-refractivity contribution is -0.112. The van der Waals surface area contributed by atoms with Crippen LogP contribution in [-0.2, 0) is 4.79 Å². The SMILES string of the molecule is COc1c(O)cc(F)c(/C=C2\CCCC/C(=C\c3c(F)cc(O)c(OC)c3F)C2=O)c1F. The normalized spacial score (nSPS) is 17.0. The van der Waals surface area contributed by atoms with Crippen LogP contribution in [0, 0.1) is 23.3 Å². The molecule has 0 aromatic heterocycles. The van der Waals surface area contributed by atoms with Gasteiger partial charge in [0.15, 0.2) is 40.4 Å². The van der Waals surface area contributed by atoms with Crippen LogP contribution in [0.25, 0.3) is 12.2 Å². The molecule has 0 spiro atoms. The highest BCUT2D eigenvalue weighted by molar-refractivity contribution is 6.13. The number of rotatable bonds is 4. The van der Waals surface area contributed by atoms with E-state index in [1.165, 1.54) is 0 Å². The molecule has 32 heavy (non-hydrogen) atoms. The van der Waals surface area contributed by atoms with Gasteiger partial charge < -0.3 is 19.7 Å². The summed E-state index contributed by atoms with van der Waals surface area (Å²) in [6.45, 7) is 0. The molecule has 2 N–H and O–H groups in total. The fourth-order valence-electron chi connectivity index (χ4n) is 3.55. The zero-order valence-electron chi connectivity index (χ0n) is 17.3. The lowest BCUT2D eigenvalue weighted by Gasteiger charge is -2.11. The summed E-state index contributed by atoms with van der Waals surface area (Å²) < 4.78 is 67.3. The number of phenolic OH excluding ortho intramolecular Hbond substituents is 2. The Balaban J connectivity index is 2.10. The first kappa shape index (κ1) is 23.2. The average Bonchev–Trinajstić information content (AvgIpc) is 2.90. The van der Waals surface area contributed by atoms with Crippen LogP contribution in [-0.4, -0.2) is 30.2 Å². The van der Waals surface area contributed by atoms with Crippen molar-refractivity contribution in [1.82, 2.24) is 0 Å². The number of halogens is 4. The summed E-state index contributed by atoms with van der Waals surface area (Å²) in [6.07, 6.45) is 3.38. The van der Waals surface area contributed by atoms with Gasteiger partial charge in [-0.2, -0.15) is 0 Å². The smallest absolute Gasteiger partial charge is 0.197 e. The van der Waals surface area contributed by atoms with Crippen LogP contribution < -0.4 is 9.47 Å². The fraction of sp³-hybridized carbons (Fsp3) is 0.261. The van der Waals surface area contributed by atoms with E-state index in [0.717, 1.165) is 26.4 Å².